The molecule has 0 fully saturated rings. The molecule has 1 N–H and O–H groups in total. The van der Waals surface area contributed by atoms with Gasteiger partial charge in [0.25, 0.3) is 0 Å². The summed E-state index contributed by atoms with van der Waals surface area (Å²) in [4.78, 5) is 8.39. The van der Waals surface area contributed by atoms with E-state index in [0.717, 1.165) is 0 Å². The van der Waals surface area contributed by atoms with E-state index in [1.54, 1.807) is 12.1 Å². The van der Waals surface area contributed by atoms with E-state index in [4.69, 9.17) is 23.2 Å². The zero-order valence-corrected chi connectivity index (χ0v) is 13.0. The number of rotatable bonds is 3. The molecule has 0 spiro atoms. The Morgan fingerprint density at radius 1 is 0.826 bits per heavy atom. The number of halogens is 4. The van der Waals surface area contributed by atoms with Crippen LogP contribution in [0.15, 0.2) is 48.5 Å². The first-order valence-corrected chi connectivity index (χ1v) is 7.29. The minimum atomic E-state index is -0.434. The van der Waals surface area contributed by atoms with Gasteiger partial charge in [-0.3, -0.25) is 0 Å². The Morgan fingerprint density at radius 3 is 2.26 bits per heavy atom. The van der Waals surface area contributed by atoms with Crippen LogP contribution in [0, 0.1) is 11.6 Å². The van der Waals surface area contributed by atoms with Crippen molar-refractivity contribution < 1.29 is 8.78 Å². The van der Waals surface area contributed by atoms with Crippen LogP contribution in [0.5, 0.6) is 0 Å². The lowest BCUT2D eigenvalue weighted by atomic mass is 10.2. The summed E-state index contributed by atoms with van der Waals surface area (Å²) in [7, 11) is 0. The third-order valence-electron chi connectivity index (χ3n) is 2.99. The molecule has 0 atom stereocenters. The molecule has 3 aromatic rings. The maximum Gasteiger partial charge on any atom is 0.163 e. The molecule has 3 nitrogen and oxygen atoms in total. The first-order valence-electron chi connectivity index (χ1n) is 6.54. The number of nitrogens with one attached hydrogen (secondary N) is 1. The van der Waals surface area contributed by atoms with Crippen molar-refractivity contribution in [1.82, 2.24) is 9.97 Å². The van der Waals surface area contributed by atoms with Crippen LogP contribution in [-0.2, 0) is 0 Å². The summed E-state index contributed by atoms with van der Waals surface area (Å²) in [6, 6.07) is 11.1. The summed E-state index contributed by atoms with van der Waals surface area (Å²) >= 11 is 12.0. The van der Waals surface area contributed by atoms with E-state index in [2.05, 4.69) is 15.3 Å². The Kier molecular flexibility index (Phi) is 4.41. The van der Waals surface area contributed by atoms with Crippen molar-refractivity contribution >= 4 is 34.7 Å². The van der Waals surface area contributed by atoms with Crippen LogP contribution in [0.25, 0.3) is 11.4 Å². The molecule has 1 heterocycles. The van der Waals surface area contributed by atoms with Gasteiger partial charge >= 0.3 is 0 Å². The van der Waals surface area contributed by atoms with Crippen molar-refractivity contribution in [3.05, 3.63) is 70.3 Å². The summed E-state index contributed by atoms with van der Waals surface area (Å²) in [5, 5.41) is 3.42. The van der Waals surface area contributed by atoms with Crippen LogP contribution in [0.1, 0.15) is 0 Å². The van der Waals surface area contributed by atoms with E-state index in [0.29, 0.717) is 27.9 Å². The van der Waals surface area contributed by atoms with E-state index in [9.17, 15) is 8.78 Å². The van der Waals surface area contributed by atoms with Gasteiger partial charge in [-0.05, 0) is 42.5 Å². The average molecular weight is 352 g/mol. The van der Waals surface area contributed by atoms with E-state index in [-0.39, 0.29) is 11.0 Å². The van der Waals surface area contributed by atoms with Crippen molar-refractivity contribution in [2.24, 2.45) is 0 Å². The lowest BCUT2D eigenvalue weighted by Gasteiger charge is -2.09. The molecule has 3 rings (SSSR count). The van der Waals surface area contributed by atoms with Crippen molar-refractivity contribution in [1.29, 1.82) is 0 Å². The van der Waals surface area contributed by atoms with Gasteiger partial charge in [-0.25, -0.2) is 18.7 Å². The summed E-state index contributed by atoms with van der Waals surface area (Å²) in [6.45, 7) is 0. The van der Waals surface area contributed by atoms with Gasteiger partial charge in [-0.15, -0.1) is 0 Å². The van der Waals surface area contributed by atoms with Crippen LogP contribution >= 0.6 is 23.2 Å². The Morgan fingerprint density at radius 2 is 1.52 bits per heavy atom. The van der Waals surface area contributed by atoms with Gasteiger partial charge in [0.05, 0.1) is 10.7 Å². The van der Waals surface area contributed by atoms with Crippen LogP contribution < -0.4 is 5.32 Å². The summed E-state index contributed by atoms with van der Waals surface area (Å²) in [6.07, 6.45) is 0. The molecule has 0 saturated carbocycles. The predicted molar refractivity (Wildman–Crippen MR) is 87.1 cm³/mol. The molecule has 0 aliphatic carbocycles. The third kappa shape index (κ3) is 3.75. The Balaban J connectivity index is 1.97. The van der Waals surface area contributed by atoms with Crippen molar-refractivity contribution in [2.75, 3.05) is 5.32 Å². The van der Waals surface area contributed by atoms with E-state index in [1.165, 1.54) is 36.4 Å². The summed E-state index contributed by atoms with van der Waals surface area (Å²) in [5.74, 6) is -0.138. The number of anilines is 2. The molecular weight excluding hydrogens is 343 g/mol. The highest BCUT2D eigenvalue weighted by molar-refractivity contribution is 6.33. The molecule has 0 unspecified atom stereocenters. The van der Waals surface area contributed by atoms with Crippen molar-refractivity contribution in [3.8, 4) is 11.4 Å². The second-order valence-corrected chi connectivity index (χ2v) is 5.45. The Labute approximate surface area is 140 Å². The van der Waals surface area contributed by atoms with Gasteiger partial charge in [-0.1, -0.05) is 23.2 Å². The Hall–Kier alpha value is -2.24. The smallest absolute Gasteiger partial charge is 0.163 e. The number of aromatic nitrogens is 2. The molecule has 7 heteroatoms. The molecule has 0 amide bonds. The molecule has 116 valence electrons. The van der Waals surface area contributed by atoms with Gasteiger partial charge in [-0.2, -0.15) is 0 Å². The normalized spacial score (nSPS) is 10.6. The Bertz CT molecular complexity index is 854. The second-order valence-electron chi connectivity index (χ2n) is 4.66. The fraction of sp³-hybridized carbons (Fsp3) is 0. The minimum absolute atomic E-state index is 0.189. The first kappa shape index (κ1) is 15.6. The average Bonchev–Trinajstić information content (AvgIpc) is 2.51. The quantitative estimate of drug-likeness (QED) is 0.635. The predicted octanol–water partition coefficient (Wildman–Crippen LogP) is 5.47. The molecule has 0 aliphatic heterocycles. The van der Waals surface area contributed by atoms with Crippen LogP contribution in [0.4, 0.5) is 20.3 Å². The van der Waals surface area contributed by atoms with Gasteiger partial charge in [0.15, 0.2) is 5.82 Å². The van der Waals surface area contributed by atoms with Gasteiger partial charge in [0.2, 0.25) is 0 Å². The van der Waals surface area contributed by atoms with Crippen LogP contribution in [0.2, 0.25) is 10.2 Å². The fourth-order valence-electron chi connectivity index (χ4n) is 1.94. The lowest BCUT2D eigenvalue weighted by Crippen LogP contribution is -1.98. The number of hydrogen-bond donors (Lipinski definition) is 1. The van der Waals surface area contributed by atoms with Gasteiger partial charge in [0.1, 0.15) is 22.6 Å². The highest BCUT2D eigenvalue weighted by Crippen LogP contribution is 2.27. The molecule has 23 heavy (non-hydrogen) atoms. The van der Waals surface area contributed by atoms with Crippen molar-refractivity contribution in [2.45, 2.75) is 0 Å². The first-order chi connectivity index (χ1) is 11.0. The molecule has 0 aliphatic rings. The SMILES string of the molecule is Fc1ccc(-c2nc(Cl)cc(Nc3cc(F)ccc3Cl)n2)cc1. The standard InChI is InChI=1S/C16H9Cl2F2N3/c17-12-6-5-11(20)7-13(12)21-15-8-14(18)22-16(23-15)9-1-3-10(19)4-2-9/h1-8H,(H,21,22,23). The second kappa shape index (κ2) is 6.48. The number of nitrogens with zero attached hydrogens (tertiary/aromatic N) is 2. The van der Waals surface area contributed by atoms with Crippen molar-refractivity contribution in [3.63, 3.8) is 0 Å². The number of benzene rings is 2. The zero-order chi connectivity index (χ0) is 16.4. The topological polar surface area (TPSA) is 37.8 Å². The maximum absolute atomic E-state index is 13.3. The number of hydrogen-bond acceptors (Lipinski definition) is 3. The molecule has 0 radical (unpaired) electrons. The highest BCUT2D eigenvalue weighted by atomic mass is 35.5. The zero-order valence-electron chi connectivity index (χ0n) is 11.5. The van der Waals surface area contributed by atoms with E-state index >= 15 is 0 Å². The summed E-state index contributed by atoms with van der Waals surface area (Å²) in [5.41, 5.74) is 0.953. The van der Waals surface area contributed by atoms with Crippen LogP contribution in [-0.4, -0.2) is 9.97 Å². The largest absolute Gasteiger partial charge is 0.339 e. The van der Waals surface area contributed by atoms with Gasteiger partial charge in [0, 0.05) is 11.6 Å². The maximum atomic E-state index is 13.3. The lowest BCUT2D eigenvalue weighted by molar-refractivity contribution is 0.628. The minimum Gasteiger partial charge on any atom is -0.339 e. The summed E-state index contributed by atoms with van der Waals surface area (Å²) < 4.78 is 26.3. The molecule has 2 aromatic carbocycles. The highest BCUT2D eigenvalue weighted by Gasteiger charge is 2.09. The van der Waals surface area contributed by atoms with Gasteiger partial charge < -0.3 is 5.32 Å². The molecule has 0 saturated heterocycles. The third-order valence-corrected chi connectivity index (χ3v) is 3.51. The molecule has 1 aromatic heterocycles. The van der Waals surface area contributed by atoms with E-state index in [1.807, 2.05) is 0 Å². The van der Waals surface area contributed by atoms with E-state index < -0.39 is 5.82 Å². The van der Waals surface area contributed by atoms with Crippen LogP contribution in [0.3, 0.4) is 0 Å². The fourth-order valence-corrected chi connectivity index (χ4v) is 2.29. The monoisotopic (exact) mass is 351 g/mol. The molecule has 0 bridgehead atoms. The molecular formula is C16H9Cl2F2N3.